The van der Waals surface area contributed by atoms with Crippen molar-refractivity contribution in [2.24, 2.45) is 0 Å². The van der Waals surface area contributed by atoms with Crippen molar-refractivity contribution < 1.29 is 4.74 Å². The number of aromatic nitrogens is 1. The van der Waals surface area contributed by atoms with Crippen LogP contribution < -0.4 is 10.1 Å². The Morgan fingerprint density at radius 1 is 1.18 bits per heavy atom. The van der Waals surface area contributed by atoms with Crippen LogP contribution in [-0.2, 0) is 6.54 Å². The van der Waals surface area contributed by atoms with E-state index in [0.717, 1.165) is 29.2 Å². The maximum atomic E-state index is 5.91. The number of para-hydroxylation sites is 1. The van der Waals surface area contributed by atoms with Gasteiger partial charge in [0.25, 0.3) is 0 Å². The van der Waals surface area contributed by atoms with Gasteiger partial charge in [-0.3, -0.25) is 4.98 Å². The average Bonchev–Trinajstić information content (AvgIpc) is 2.35. The van der Waals surface area contributed by atoms with Crippen LogP contribution in [0, 0.1) is 6.92 Å². The molecular weight excluding hydrogens is 212 g/mol. The fourth-order valence-corrected chi connectivity index (χ4v) is 1.63. The highest BCUT2D eigenvalue weighted by Gasteiger charge is 2.05. The molecule has 17 heavy (non-hydrogen) atoms. The molecule has 0 unspecified atom stereocenters. The molecule has 1 aromatic heterocycles. The van der Waals surface area contributed by atoms with Crippen molar-refractivity contribution in [1.29, 1.82) is 0 Å². The molecule has 0 bridgehead atoms. The smallest absolute Gasteiger partial charge is 0.133 e. The molecule has 0 saturated heterocycles. The summed E-state index contributed by atoms with van der Waals surface area (Å²) in [6.45, 7) is 2.78. The Kier molecular flexibility index (Phi) is 3.73. The number of ether oxygens (including phenoxy) is 1. The zero-order valence-electron chi connectivity index (χ0n) is 10.1. The molecule has 0 spiro atoms. The van der Waals surface area contributed by atoms with Crippen molar-refractivity contribution in [3.8, 4) is 11.5 Å². The largest absolute Gasteiger partial charge is 0.457 e. The maximum absolute atomic E-state index is 5.91. The zero-order valence-corrected chi connectivity index (χ0v) is 10.1. The molecule has 1 aromatic carbocycles. The van der Waals surface area contributed by atoms with E-state index in [9.17, 15) is 0 Å². The van der Waals surface area contributed by atoms with Crippen LogP contribution in [0.4, 0.5) is 0 Å². The minimum atomic E-state index is 0.792. The molecule has 0 saturated carbocycles. The van der Waals surface area contributed by atoms with Gasteiger partial charge in [-0.25, -0.2) is 0 Å². The van der Waals surface area contributed by atoms with Gasteiger partial charge in [-0.2, -0.15) is 0 Å². The summed E-state index contributed by atoms with van der Waals surface area (Å²) in [6.07, 6.45) is 3.54. The zero-order chi connectivity index (χ0) is 12.1. The molecular formula is C14H16N2O. The molecule has 3 nitrogen and oxygen atoms in total. The lowest BCUT2D eigenvalue weighted by molar-refractivity contribution is 0.470. The number of pyridine rings is 1. The molecule has 0 atom stereocenters. The van der Waals surface area contributed by atoms with Gasteiger partial charge in [-0.1, -0.05) is 18.2 Å². The van der Waals surface area contributed by atoms with Crippen molar-refractivity contribution in [2.45, 2.75) is 13.5 Å². The van der Waals surface area contributed by atoms with Crippen molar-refractivity contribution in [1.82, 2.24) is 10.3 Å². The van der Waals surface area contributed by atoms with Crippen LogP contribution in [-0.4, -0.2) is 12.0 Å². The summed E-state index contributed by atoms with van der Waals surface area (Å²) in [5, 5.41) is 3.13. The maximum Gasteiger partial charge on any atom is 0.133 e. The van der Waals surface area contributed by atoms with E-state index in [2.05, 4.69) is 16.4 Å². The van der Waals surface area contributed by atoms with Crippen molar-refractivity contribution >= 4 is 0 Å². The van der Waals surface area contributed by atoms with E-state index in [1.807, 2.05) is 38.2 Å². The van der Waals surface area contributed by atoms with E-state index in [4.69, 9.17) is 4.74 Å². The molecule has 0 amide bonds. The Bertz CT molecular complexity index is 497. The van der Waals surface area contributed by atoms with Gasteiger partial charge in [-0.15, -0.1) is 0 Å². The molecule has 0 aliphatic rings. The second-order valence-corrected chi connectivity index (χ2v) is 3.88. The Morgan fingerprint density at radius 2 is 2.00 bits per heavy atom. The lowest BCUT2D eigenvalue weighted by Gasteiger charge is -2.12. The lowest BCUT2D eigenvalue weighted by Crippen LogP contribution is -2.06. The highest BCUT2D eigenvalue weighted by molar-refractivity contribution is 5.39. The van der Waals surface area contributed by atoms with Gasteiger partial charge >= 0.3 is 0 Å². The first kappa shape index (κ1) is 11.6. The Hall–Kier alpha value is -1.87. The topological polar surface area (TPSA) is 34.1 Å². The van der Waals surface area contributed by atoms with Gasteiger partial charge in [0.05, 0.1) is 0 Å². The summed E-state index contributed by atoms with van der Waals surface area (Å²) in [4.78, 5) is 4.05. The highest BCUT2D eigenvalue weighted by Crippen LogP contribution is 2.26. The fourth-order valence-electron chi connectivity index (χ4n) is 1.63. The Morgan fingerprint density at radius 3 is 2.76 bits per heavy atom. The molecule has 2 aromatic rings. The second-order valence-electron chi connectivity index (χ2n) is 3.88. The molecule has 0 aliphatic heterocycles. The van der Waals surface area contributed by atoms with Gasteiger partial charge in [0.1, 0.15) is 11.5 Å². The molecule has 3 heteroatoms. The first-order valence-electron chi connectivity index (χ1n) is 5.62. The van der Waals surface area contributed by atoms with E-state index in [1.165, 1.54) is 0 Å². The van der Waals surface area contributed by atoms with Crippen LogP contribution in [0.2, 0.25) is 0 Å². The molecule has 1 heterocycles. The Balaban J connectivity index is 2.27. The molecule has 0 radical (unpaired) electrons. The summed E-state index contributed by atoms with van der Waals surface area (Å²) >= 11 is 0. The fraction of sp³-hybridized carbons (Fsp3) is 0.214. The molecule has 0 aliphatic carbocycles. The number of aryl methyl sites for hydroxylation is 1. The third kappa shape index (κ3) is 2.82. The van der Waals surface area contributed by atoms with Gasteiger partial charge in [0.15, 0.2) is 0 Å². The predicted molar refractivity (Wildman–Crippen MR) is 68.3 cm³/mol. The van der Waals surface area contributed by atoms with Crippen LogP contribution in [0.15, 0.2) is 42.7 Å². The summed E-state index contributed by atoms with van der Waals surface area (Å²) < 4.78 is 5.91. The van der Waals surface area contributed by atoms with Crippen LogP contribution in [0.3, 0.4) is 0 Å². The summed E-state index contributed by atoms with van der Waals surface area (Å²) in [7, 11) is 1.93. The number of benzene rings is 1. The number of nitrogens with one attached hydrogen (secondary N) is 1. The molecule has 1 N–H and O–H groups in total. The summed E-state index contributed by atoms with van der Waals surface area (Å²) in [5.74, 6) is 1.74. The predicted octanol–water partition coefficient (Wildman–Crippen LogP) is 2.90. The molecule has 0 fully saturated rings. The first-order valence-corrected chi connectivity index (χ1v) is 5.62. The SMILES string of the molecule is CNCc1ccccc1Oc1ccncc1C. The third-order valence-electron chi connectivity index (χ3n) is 2.53. The van der Waals surface area contributed by atoms with Crippen LogP contribution in [0.25, 0.3) is 0 Å². The van der Waals surface area contributed by atoms with E-state index in [-0.39, 0.29) is 0 Å². The first-order chi connectivity index (χ1) is 8.31. The van der Waals surface area contributed by atoms with Crippen molar-refractivity contribution in [2.75, 3.05) is 7.05 Å². The van der Waals surface area contributed by atoms with E-state index >= 15 is 0 Å². The van der Waals surface area contributed by atoms with Crippen LogP contribution in [0.1, 0.15) is 11.1 Å². The average molecular weight is 228 g/mol. The highest BCUT2D eigenvalue weighted by atomic mass is 16.5. The van der Waals surface area contributed by atoms with Crippen molar-refractivity contribution in [3.63, 3.8) is 0 Å². The molecule has 88 valence electrons. The summed E-state index contributed by atoms with van der Waals surface area (Å²) in [5.41, 5.74) is 2.18. The summed E-state index contributed by atoms with van der Waals surface area (Å²) in [6, 6.07) is 9.91. The van der Waals surface area contributed by atoms with Crippen LogP contribution >= 0.6 is 0 Å². The normalized spacial score (nSPS) is 10.2. The minimum Gasteiger partial charge on any atom is -0.457 e. The van der Waals surface area contributed by atoms with Gasteiger partial charge in [0, 0.05) is 30.1 Å². The second kappa shape index (κ2) is 5.46. The van der Waals surface area contributed by atoms with E-state index in [0.29, 0.717) is 0 Å². The van der Waals surface area contributed by atoms with Gasteiger partial charge in [-0.05, 0) is 26.1 Å². The number of hydrogen-bond donors (Lipinski definition) is 1. The number of rotatable bonds is 4. The van der Waals surface area contributed by atoms with Gasteiger partial charge < -0.3 is 10.1 Å². The quantitative estimate of drug-likeness (QED) is 0.873. The van der Waals surface area contributed by atoms with Gasteiger partial charge in [0.2, 0.25) is 0 Å². The number of nitrogens with zero attached hydrogens (tertiary/aromatic N) is 1. The standard InChI is InChI=1S/C14H16N2O/c1-11-9-16-8-7-13(11)17-14-6-4-3-5-12(14)10-15-2/h3-9,15H,10H2,1-2H3. The van der Waals surface area contributed by atoms with E-state index < -0.39 is 0 Å². The minimum absolute atomic E-state index is 0.792. The third-order valence-corrected chi connectivity index (χ3v) is 2.53. The number of hydrogen-bond acceptors (Lipinski definition) is 3. The Labute approximate surface area is 101 Å². The van der Waals surface area contributed by atoms with E-state index in [1.54, 1.807) is 12.4 Å². The van der Waals surface area contributed by atoms with Crippen molar-refractivity contribution in [3.05, 3.63) is 53.9 Å². The molecule has 2 rings (SSSR count). The lowest BCUT2D eigenvalue weighted by atomic mass is 10.2. The monoisotopic (exact) mass is 228 g/mol. The van der Waals surface area contributed by atoms with Crippen LogP contribution in [0.5, 0.6) is 11.5 Å².